The molecule has 2 atom stereocenters. The van der Waals surface area contributed by atoms with Gasteiger partial charge in [-0.05, 0) is 24.9 Å². The summed E-state index contributed by atoms with van der Waals surface area (Å²) in [6.45, 7) is 2.93. The summed E-state index contributed by atoms with van der Waals surface area (Å²) in [5.74, 6) is -0.183. The number of likely N-dealkylation sites (tertiary alicyclic amines) is 1. The van der Waals surface area contributed by atoms with Gasteiger partial charge in [0.15, 0.2) is 0 Å². The number of carbonyl (C=O) groups is 1. The Hall–Kier alpha value is -2.45. The zero-order chi connectivity index (χ0) is 17.3. The van der Waals surface area contributed by atoms with Gasteiger partial charge >= 0.3 is 5.69 Å². The van der Waals surface area contributed by atoms with E-state index in [0.29, 0.717) is 19.6 Å². The van der Waals surface area contributed by atoms with Crippen molar-refractivity contribution < 1.29 is 9.72 Å². The third-order valence-corrected chi connectivity index (χ3v) is 4.56. The Morgan fingerprint density at radius 2 is 2.08 bits per heavy atom. The number of H-pyrrole nitrogens is 1. The second kappa shape index (κ2) is 7.62. The molecular weight excluding hydrogens is 346 g/mol. The van der Waals surface area contributed by atoms with Gasteiger partial charge < -0.3 is 10.6 Å². The van der Waals surface area contributed by atoms with Gasteiger partial charge in [0, 0.05) is 19.0 Å². The average molecular weight is 366 g/mol. The van der Waals surface area contributed by atoms with Crippen molar-refractivity contribution in [2.24, 2.45) is 11.7 Å². The predicted molar refractivity (Wildman–Crippen MR) is 94.9 cm³/mol. The van der Waals surface area contributed by atoms with Gasteiger partial charge in [-0.25, -0.2) is 0 Å². The number of carbonyl (C=O) groups excluding carboxylic acids is 1. The molecule has 1 aliphatic heterocycles. The number of nitrogens with one attached hydrogen (secondary N) is 1. The smallest absolute Gasteiger partial charge is 0.322 e. The van der Waals surface area contributed by atoms with Crippen LogP contribution in [0.4, 0.5) is 5.69 Å². The van der Waals surface area contributed by atoms with Crippen LogP contribution < -0.4 is 5.73 Å². The van der Waals surface area contributed by atoms with Gasteiger partial charge in [-0.2, -0.15) is 5.10 Å². The second-order valence-electron chi connectivity index (χ2n) is 6.03. The summed E-state index contributed by atoms with van der Waals surface area (Å²) in [6, 6.07) is 9.88. The number of nitro groups is 1. The number of nitrogens with zero attached hydrogens (tertiary/aromatic N) is 3. The van der Waals surface area contributed by atoms with Gasteiger partial charge in [-0.15, -0.1) is 12.4 Å². The molecule has 2 heterocycles. The highest BCUT2D eigenvalue weighted by molar-refractivity contribution is 5.96. The van der Waals surface area contributed by atoms with Gasteiger partial charge in [-0.3, -0.25) is 20.0 Å². The number of benzene rings is 1. The molecule has 25 heavy (non-hydrogen) atoms. The highest BCUT2D eigenvalue weighted by atomic mass is 35.5. The van der Waals surface area contributed by atoms with Crippen LogP contribution in [0.25, 0.3) is 0 Å². The Morgan fingerprint density at radius 3 is 2.68 bits per heavy atom. The molecule has 2 aromatic rings. The third kappa shape index (κ3) is 3.49. The van der Waals surface area contributed by atoms with Crippen LogP contribution in [0, 0.1) is 23.0 Å². The van der Waals surface area contributed by atoms with Crippen molar-refractivity contribution in [1.82, 2.24) is 15.1 Å². The van der Waals surface area contributed by atoms with E-state index >= 15 is 0 Å². The number of aryl methyl sites for hydroxylation is 1. The van der Waals surface area contributed by atoms with Crippen molar-refractivity contribution in [1.29, 1.82) is 0 Å². The van der Waals surface area contributed by atoms with E-state index in [0.717, 1.165) is 5.56 Å². The standard InChI is InChI=1S/C16H19N5O3.ClH/c1-10-15(21(23)24)14(19-18-10)16(22)20-8-12(7-17)13(9-20)11-5-3-2-4-6-11;/h2-6,12-13H,7-9,17H2,1H3,(H,18,19);1H/t12-,13+;/m1./s1. The van der Waals surface area contributed by atoms with E-state index in [9.17, 15) is 14.9 Å². The molecule has 1 amide bonds. The number of hydrogen-bond acceptors (Lipinski definition) is 5. The lowest BCUT2D eigenvalue weighted by Gasteiger charge is -2.16. The molecule has 1 aliphatic rings. The lowest BCUT2D eigenvalue weighted by atomic mass is 9.89. The summed E-state index contributed by atoms with van der Waals surface area (Å²) >= 11 is 0. The van der Waals surface area contributed by atoms with Crippen LogP contribution >= 0.6 is 12.4 Å². The molecule has 0 unspecified atom stereocenters. The van der Waals surface area contributed by atoms with E-state index in [1.54, 1.807) is 4.90 Å². The fraction of sp³-hybridized carbons (Fsp3) is 0.375. The van der Waals surface area contributed by atoms with Crippen molar-refractivity contribution >= 4 is 24.0 Å². The van der Waals surface area contributed by atoms with Gasteiger partial charge in [0.05, 0.1) is 4.92 Å². The van der Waals surface area contributed by atoms with E-state index in [-0.39, 0.29) is 41.3 Å². The largest absolute Gasteiger partial charge is 0.336 e. The average Bonchev–Trinajstić information content (AvgIpc) is 3.18. The molecule has 1 aromatic carbocycles. The number of halogens is 1. The zero-order valence-electron chi connectivity index (χ0n) is 13.7. The Balaban J connectivity index is 0.00000225. The molecule has 3 rings (SSSR count). The summed E-state index contributed by atoms with van der Waals surface area (Å²) in [7, 11) is 0. The second-order valence-corrected chi connectivity index (χ2v) is 6.03. The number of nitrogens with two attached hydrogens (primary N) is 1. The molecule has 1 saturated heterocycles. The number of hydrogen-bond donors (Lipinski definition) is 2. The fourth-order valence-electron chi connectivity index (χ4n) is 3.30. The van der Waals surface area contributed by atoms with Crippen molar-refractivity contribution in [2.75, 3.05) is 19.6 Å². The van der Waals surface area contributed by atoms with Gasteiger partial charge in [-0.1, -0.05) is 30.3 Å². The molecule has 0 bridgehead atoms. The maximum absolute atomic E-state index is 12.7. The number of rotatable bonds is 4. The molecule has 0 radical (unpaired) electrons. The van der Waals surface area contributed by atoms with Gasteiger partial charge in [0.2, 0.25) is 5.69 Å². The van der Waals surface area contributed by atoms with Crippen LogP contribution in [-0.4, -0.2) is 45.6 Å². The van der Waals surface area contributed by atoms with E-state index in [1.165, 1.54) is 6.92 Å². The van der Waals surface area contributed by atoms with E-state index in [1.807, 2.05) is 30.3 Å². The Bertz CT molecular complexity index is 764. The highest BCUT2D eigenvalue weighted by Crippen LogP contribution is 2.33. The molecule has 1 fully saturated rings. The molecule has 0 saturated carbocycles. The van der Waals surface area contributed by atoms with Crippen LogP contribution in [0.1, 0.15) is 27.7 Å². The summed E-state index contributed by atoms with van der Waals surface area (Å²) in [5, 5.41) is 17.6. The first-order chi connectivity index (χ1) is 11.5. The monoisotopic (exact) mass is 365 g/mol. The fourth-order valence-corrected chi connectivity index (χ4v) is 3.30. The minimum atomic E-state index is -0.572. The SMILES string of the molecule is Cc1[nH]nc(C(=O)N2C[C@@H](CN)[C@H](c3ccccc3)C2)c1[N+](=O)[O-].Cl. The molecule has 0 spiro atoms. The van der Waals surface area contributed by atoms with Crippen LogP contribution in [0.3, 0.4) is 0 Å². The molecule has 134 valence electrons. The predicted octanol–water partition coefficient (Wildman–Crippen LogP) is 1.86. The molecule has 0 aliphatic carbocycles. The van der Waals surface area contributed by atoms with Gasteiger partial charge in [0.25, 0.3) is 5.91 Å². The lowest BCUT2D eigenvalue weighted by Crippen LogP contribution is -2.30. The Morgan fingerprint density at radius 1 is 1.40 bits per heavy atom. The minimum Gasteiger partial charge on any atom is -0.336 e. The first-order valence-electron chi connectivity index (χ1n) is 7.76. The van der Waals surface area contributed by atoms with Gasteiger partial charge in [0.1, 0.15) is 5.69 Å². The number of aromatic nitrogens is 2. The van der Waals surface area contributed by atoms with Crippen LogP contribution in [0.15, 0.2) is 30.3 Å². The van der Waals surface area contributed by atoms with Crippen LogP contribution in [-0.2, 0) is 0 Å². The molecular formula is C16H20ClN5O3. The summed E-state index contributed by atoms with van der Waals surface area (Å²) in [6.07, 6.45) is 0. The lowest BCUT2D eigenvalue weighted by molar-refractivity contribution is -0.385. The Labute approximate surface area is 151 Å². The van der Waals surface area contributed by atoms with Crippen molar-refractivity contribution in [2.45, 2.75) is 12.8 Å². The highest BCUT2D eigenvalue weighted by Gasteiger charge is 2.39. The molecule has 1 aromatic heterocycles. The normalized spacial score (nSPS) is 19.5. The Kier molecular flexibility index (Phi) is 5.76. The van der Waals surface area contributed by atoms with E-state index in [2.05, 4.69) is 10.2 Å². The number of aromatic amines is 1. The van der Waals surface area contributed by atoms with Crippen molar-refractivity contribution in [3.63, 3.8) is 0 Å². The topological polar surface area (TPSA) is 118 Å². The number of amides is 1. The maximum Gasteiger partial charge on any atom is 0.322 e. The summed E-state index contributed by atoms with van der Waals surface area (Å²) in [4.78, 5) is 24.9. The first-order valence-corrected chi connectivity index (χ1v) is 7.76. The first kappa shape index (κ1) is 18.9. The van der Waals surface area contributed by atoms with E-state index in [4.69, 9.17) is 5.73 Å². The van der Waals surface area contributed by atoms with Crippen LogP contribution in [0.2, 0.25) is 0 Å². The maximum atomic E-state index is 12.7. The molecule has 9 heteroatoms. The van der Waals surface area contributed by atoms with E-state index < -0.39 is 10.8 Å². The molecule has 8 nitrogen and oxygen atoms in total. The minimum absolute atomic E-state index is 0. The summed E-state index contributed by atoms with van der Waals surface area (Å²) in [5.41, 5.74) is 6.88. The van der Waals surface area contributed by atoms with Crippen molar-refractivity contribution in [3.8, 4) is 0 Å². The van der Waals surface area contributed by atoms with Crippen molar-refractivity contribution in [3.05, 3.63) is 57.4 Å². The van der Waals surface area contributed by atoms with Crippen LogP contribution in [0.5, 0.6) is 0 Å². The molecule has 3 N–H and O–H groups in total. The zero-order valence-corrected chi connectivity index (χ0v) is 14.5. The quantitative estimate of drug-likeness (QED) is 0.633. The summed E-state index contributed by atoms with van der Waals surface area (Å²) < 4.78 is 0. The third-order valence-electron chi connectivity index (χ3n) is 4.56.